The van der Waals surface area contributed by atoms with Crippen molar-refractivity contribution in [3.05, 3.63) is 0 Å². The van der Waals surface area contributed by atoms with Crippen LogP contribution in [0.4, 0.5) is 0 Å². The van der Waals surface area contributed by atoms with Gasteiger partial charge < -0.3 is 14.5 Å². The second kappa shape index (κ2) is 5.14. The van der Waals surface area contributed by atoms with Gasteiger partial charge in [0.2, 0.25) is 0 Å². The molecule has 13 heavy (non-hydrogen) atoms. The lowest BCUT2D eigenvalue weighted by Gasteiger charge is -2.24. The van der Waals surface area contributed by atoms with Crippen molar-refractivity contribution in [3.63, 3.8) is 0 Å². The van der Waals surface area contributed by atoms with Crippen molar-refractivity contribution in [1.82, 2.24) is 9.80 Å². The summed E-state index contributed by atoms with van der Waals surface area (Å²) in [5, 5.41) is 0.603. The first-order valence-corrected chi connectivity index (χ1v) is 4.68. The predicted molar refractivity (Wildman–Crippen MR) is 57.2 cm³/mol. The molecule has 1 fully saturated rings. The molecule has 1 aliphatic heterocycles. The van der Waals surface area contributed by atoms with Gasteiger partial charge in [-0.3, -0.25) is 0 Å². The standard InChI is InChI=1S/C8H15N3OS/c1-10(2)8(13)9-7-11-3-5-12-6-4-11/h7H,3-6H2,1-2H3/b9-7+. The molecule has 0 aromatic heterocycles. The van der Waals surface area contributed by atoms with Crippen LogP contribution >= 0.6 is 12.2 Å². The van der Waals surface area contributed by atoms with Gasteiger partial charge in [-0.2, -0.15) is 0 Å². The van der Waals surface area contributed by atoms with Crippen LogP contribution in [0, 0.1) is 0 Å². The summed E-state index contributed by atoms with van der Waals surface area (Å²) in [5.74, 6) is 0. The Bertz CT molecular complexity index is 200. The van der Waals surface area contributed by atoms with Gasteiger partial charge in [0.15, 0.2) is 5.11 Å². The predicted octanol–water partition coefficient (Wildman–Crippen LogP) is 0.193. The van der Waals surface area contributed by atoms with Crippen molar-refractivity contribution >= 4 is 23.7 Å². The van der Waals surface area contributed by atoms with Crippen LogP contribution < -0.4 is 0 Å². The largest absolute Gasteiger partial charge is 0.378 e. The van der Waals surface area contributed by atoms with Gasteiger partial charge in [0.1, 0.15) is 0 Å². The summed E-state index contributed by atoms with van der Waals surface area (Å²) in [6.07, 6.45) is 1.80. The second-order valence-electron chi connectivity index (χ2n) is 3.07. The zero-order chi connectivity index (χ0) is 9.68. The Morgan fingerprint density at radius 2 is 2.08 bits per heavy atom. The Kier molecular flexibility index (Phi) is 4.11. The Morgan fingerprint density at radius 3 is 2.62 bits per heavy atom. The van der Waals surface area contributed by atoms with E-state index in [4.69, 9.17) is 17.0 Å². The number of thiocarbonyl (C=S) groups is 1. The molecule has 0 unspecified atom stereocenters. The molecule has 0 saturated carbocycles. The van der Waals surface area contributed by atoms with Gasteiger partial charge in [0, 0.05) is 27.2 Å². The van der Waals surface area contributed by atoms with E-state index in [0.717, 1.165) is 26.3 Å². The highest BCUT2D eigenvalue weighted by Crippen LogP contribution is 1.93. The average molecular weight is 201 g/mol. The maximum atomic E-state index is 5.21. The minimum atomic E-state index is 0.603. The Hall–Kier alpha value is -0.680. The topological polar surface area (TPSA) is 28.1 Å². The SMILES string of the molecule is CN(C)C(=S)/N=C/N1CCOCC1. The number of nitrogens with zero attached hydrogens (tertiary/aromatic N) is 3. The molecular weight excluding hydrogens is 186 g/mol. The third-order valence-electron chi connectivity index (χ3n) is 1.76. The minimum absolute atomic E-state index is 0.603. The first-order chi connectivity index (χ1) is 6.20. The zero-order valence-corrected chi connectivity index (χ0v) is 8.88. The van der Waals surface area contributed by atoms with E-state index in [1.165, 1.54) is 0 Å². The Balaban J connectivity index is 2.33. The molecular formula is C8H15N3OS. The third-order valence-corrected chi connectivity index (χ3v) is 2.23. The summed E-state index contributed by atoms with van der Waals surface area (Å²) >= 11 is 5.02. The molecule has 0 radical (unpaired) electrons. The van der Waals surface area contributed by atoms with E-state index in [1.54, 1.807) is 6.34 Å². The molecule has 4 nitrogen and oxygen atoms in total. The van der Waals surface area contributed by atoms with E-state index < -0.39 is 0 Å². The van der Waals surface area contributed by atoms with Crippen molar-refractivity contribution in [2.75, 3.05) is 40.4 Å². The molecule has 5 heteroatoms. The van der Waals surface area contributed by atoms with E-state index >= 15 is 0 Å². The van der Waals surface area contributed by atoms with Gasteiger partial charge in [0.05, 0.1) is 19.6 Å². The van der Waals surface area contributed by atoms with Gasteiger partial charge in [-0.1, -0.05) is 0 Å². The lowest BCUT2D eigenvalue weighted by molar-refractivity contribution is 0.0701. The smallest absolute Gasteiger partial charge is 0.196 e. The fourth-order valence-electron chi connectivity index (χ4n) is 0.939. The van der Waals surface area contributed by atoms with Crippen LogP contribution in [0.5, 0.6) is 0 Å². The van der Waals surface area contributed by atoms with Crippen LogP contribution in [0.15, 0.2) is 4.99 Å². The molecule has 74 valence electrons. The van der Waals surface area contributed by atoms with Crippen molar-refractivity contribution in [3.8, 4) is 0 Å². The summed E-state index contributed by atoms with van der Waals surface area (Å²) in [6.45, 7) is 3.36. The van der Waals surface area contributed by atoms with Crippen LogP contribution in [-0.4, -0.2) is 61.6 Å². The summed E-state index contributed by atoms with van der Waals surface area (Å²) in [7, 11) is 3.78. The monoisotopic (exact) mass is 201 g/mol. The number of rotatable bonds is 1. The molecule has 1 heterocycles. The highest BCUT2D eigenvalue weighted by atomic mass is 32.1. The quantitative estimate of drug-likeness (QED) is 0.344. The molecule has 0 aliphatic carbocycles. The van der Waals surface area contributed by atoms with Crippen LogP contribution in [0.3, 0.4) is 0 Å². The van der Waals surface area contributed by atoms with E-state index in [1.807, 2.05) is 19.0 Å². The fourth-order valence-corrected chi connectivity index (χ4v) is 0.987. The van der Waals surface area contributed by atoms with Crippen molar-refractivity contribution in [2.45, 2.75) is 0 Å². The summed E-state index contributed by atoms with van der Waals surface area (Å²) in [6, 6.07) is 0. The molecule has 0 spiro atoms. The summed E-state index contributed by atoms with van der Waals surface area (Å²) in [5.41, 5.74) is 0. The normalized spacial score (nSPS) is 17.8. The number of ether oxygens (including phenoxy) is 1. The van der Waals surface area contributed by atoms with Crippen LogP contribution in [0.1, 0.15) is 0 Å². The summed E-state index contributed by atoms with van der Waals surface area (Å²) in [4.78, 5) is 8.07. The van der Waals surface area contributed by atoms with Gasteiger partial charge in [0.25, 0.3) is 0 Å². The maximum absolute atomic E-state index is 5.21. The van der Waals surface area contributed by atoms with Crippen LogP contribution in [0.25, 0.3) is 0 Å². The van der Waals surface area contributed by atoms with E-state index in [0.29, 0.717) is 5.11 Å². The van der Waals surface area contributed by atoms with Crippen LogP contribution in [-0.2, 0) is 4.74 Å². The fraction of sp³-hybridized carbons (Fsp3) is 0.750. The zero-order valence-electron chi connectivity index (χ0n) is 8.06. The molecule has 1 aliphatic rings. The molecule has 0 bridgehead atoms. The summed E-state index contributed by atoms with van der Waals surface area (Å²) < 4.78 is 5.21. The van der Waals surface area contributed by atoms with Crippen LogP contribution in [0.2, 0.25) is 0 Å². The van der Waals surface area contributed by atoms with Gasteiger partial charge >= 0.3 is 0 Å². The van der Waals surface area contributed by atoms with Gasteiger partial charge in [-0.25, -0.2) is 4.99 Å². The second-order valence-corrected chi connectivity index (χ2v) is 3.44. The lowest BCUT2D eigenvalue weighted by Crippen LogP contribution is -2.35. The highest BCUT2D eigenvalue weighted by Gasteiger charge is 2.06. The minimum Gasteiger partial charge on any atom is -0.378 e. The first-order valence-electron chi connectivity index (χ1n) is 4.27. The molecule has 1 saturated heterocycles. The number of hydrogen-bond acceptors (Lipinski definition) is 2. The first kappa shape index (κ1) is 10.4. The maximum Gasteiger partial charge on any atom is 0.196 e. The van der Waals surface area contributed by atoms with Gasteiger partial charge in [-0.15, -0.1) is 0 Å². The molecule has 0 amide bonds. The van der Waals surface area contributed by atoms with E-state index in [-0.39, 0.29) is 0 Å². The van der Waals surface area contributed by atoms with E-state index in [2.05, 4.69) is 9.89 Å². The molecule has 0 aromatic carbocycles. The molecule has 1 rings (SSSR count). The Labute approximate surface area is 84.2 Å². The number of aliphatic imine (C=N–C) groups is 1. The number of hydrogen-bond donors (Lipinski definition) is 0. The molecule has 0 atom stereocenters. The molecule has 0 N–H and O–H groups in total. The molecule has 0 aromatic rings. The van der Waals surface area contributed by atoms with E-state index in [9.17, 15) is 0 Å². The van der Waals surface area contributed by atoms with Crippen molar-refractivity contribution < 1.29 is 4.74 Å². The highest BCUT2D eigenvalue weighted by molar-refractivity contribution is 7.80. The Morgan fingerprint density at radius 1 is 1.46 bits per heavy atom. The third kappa shape index (κ3) is 3.69. The van der Waals surface area contributed by atoms with Gasteiger partial charge in [-0.05, 0) is 12.2 Å². The number of morpholine rings is 1. The van der Waals surface area contributed by atoms with Crippen molar-refractivity contribution in [1.29, 1.82) is 0 Å². The van der Waals surface area contributed by atoms with Crippen molar-refractivity contribution in [2.24, 2.45) is 4.99 Å². The average Bonchev–Trinajstić information content (AvgIpc) is 2.15. The lowest BCUT2D eigenvalue weighted by atomic mass is 10.5.